The largest absolute Gasteiger partial charge is 0.316 e. The van der Waals surface area contributed by atoms with E-state index in [1.807, 2.05) is 62.5 Å². The second-order valence-electron chi connectivity index (χ2n) is 5.47. The van der Waals surface area contributed by atoms with Gasteiger partial charge in [-0.2, -0.15) is 5.10 Å². The molecule has 3 aromatic rings. The van der Waals surface area contributed by atoms with E-state index in [0.717, 1.165) is 28.3 Å². The molecule has 3 nitrogen and oxygen atoms in total. The molecule has 0 atom stereocenters. The van der Waals surface area contributed by atoms with Crippen LogP contribution in [-0.4, -0.2) is 10.8 Å². The molecule has 0 bridgehead atoms. The number of benzene rings is 2. The summed E-state index contributed by atoms with van der Waals surface area (Å²) in [6.07, 6.45) is 1.81. The van der Waals surface area contributed by atoms with Gasteiger partial charge in [0.05, 0.1) is 27.6 Å². The Hall–Kier alpha value is -2.23. The molecule has 0 fully saturated rings. The minimum Gasteiger partial charge on any atom is -0.316 e. The SMILES string of the molecule is Cc1cc(/C=N\Nc2ccccc2)c(C)n1-c1cccc(Cl)c1Cl. The van der Waals surface area contributed by atoms with E-state index in [1.54, 1.807) is 6.07 Å². The zero-order valence-corrected chi connectivity index (χ0v) is 14.9. The number of rotatable bonds is 4. The summed E-state index contributed by atoms with van der Waals surface area (Å²) in [5, 5.41) is 5.41. The van der Waals surface area contributed by atoms with Crippen molar-refractivity contribution in [1.29, 1.82) is 0 Å². The van der Waals surface area contributed by atoms with E-state index in [9.17, 15) is 0 Å². The monoisotopic (exact) mass is 357 g/mol. The maximum atomic E-state index is 6.37. The van der Waals surface area contributed by atoms with E-state index in [-0.39, 0.29) is 0 Å². The molecule has 0 amide bonds. The number of hydrazone groups is 1. The molecule has 24 heavy (non-hydrogen) atoms. The third kappa shape index (κ3) is 3.32. The van der Waals surface area contributed by atoms with Crippen molar-refractivity contribution < 1.29 is 0 Å². The molecule has 0 radical (unpaired) electrons. The molecule has 122 valence electrons. The van der Waals surface area contributed by atoms with Gasteiger partial charge in [-0.15, -0.1) is 0 Å². The summed E-state index contributed by atoms with van der Waals surface area (Å²) < 4.78 is 2.08. The fraction of sp³-hybridized carbons (Fsp3) is 0.105. The van der Waals surface area contributed by atoms with Crippen LogP contribution in [0.3, 0.4) is 0 Å². The van der Waals surface area contributed by atoms with E-state index in [1.165, 1.54) is 0 Å². The Bertz CT molecular complexity index is 883. The second-order valence-corrected chi connectivity index (χ2v) is 6.26. The number of hydrogen-bond donors (Lipinski definition) is 1. The van der Waals surface area contributed by atoms with Gasteiger partial charge in [0, 0.05) is 17.0 Å². The standard InChI is InChI=1S/C19H17Cl2N3/c1-13-11-15(12-22-23-16-7-4-3-5-8-16)14(2)24(13)18-10-6-9-17(20)19(18)21/h3-12,23H,1-2H3/b22-12-. The van der Waals surface area contributed by atoms with Crippen LogP contribution in [0, 0.1) is 13.8 Å². The first-order valence-corrected chi connectivity index (χ1v) is 8.31. The molecule has 2 aromatic carbocycles. The first kappa shape index (κ1) is 16.6. The van der Waals surface area contributed by atoms with Crippen LogP contribution in [0.2, 0.25) is 10.0 Å². The van der Waals surface area contributed by atoms with Crippen LogP contribution in [0.25, 0.3) is 5.69 Å². The first-order valence-electron chi connectivity index (χ1n) is 7.55. The lowest BCUT2D eigenvalue weighted by atomic mass is 10.2. The van der Waals surface area contributed by atoms with Crippen molar-refractivity contribution in [2.75, 3.05) is 5.43 Å². The lowest BCUT2D eigenvalue weighted by Gasteiger charge is -2.12. The third-order valence-corrected chi connectivity index (χ3v) is 4.62. The van der Waals surface area contributed by atoms with Crippen molar-refractivity contribution in [3.63, 3.8) is 0 Å². The number of para-hydroxylation sites is 1. The second kappa shape index (κ2) is 7.12. The fourth-order valence-electron chi connectivity index (χ4n) is 2.64. The van der Waals surface area contributed by atoms with Crippen LogP contribution >= 0.6 is 23.2 Å². The van der Waals surface area contributed by atoms with Crippen molar-refractivity contribution in [1.82, 2.24) is 4.57 Å². The number of aromatic nitrogens is 1. The van der Waals surface area contributed by atoms with Gasteiger partial charge in [-0.1, -0.05) is 47.5 Å². The predicted molar refractivity (Wildman–Crippen MR) is 103 cm³/mol. The van der Waals surface area contributed by atoms with Crippen LogP contribution < -0.4 is 5.43 Å². The van der Waals surface area contributed by atoms with Crippen LogP contribution in [0.4, 0.5) is 5.69 Å². The summed E-state index contributed by atoms with van der Waals surface area (Å²) in [4.78, 5) is 0. The lowest BCUT2D eigenvalue weighted by molar-refractivity contribution is 0.965. The molecule has 0 unspecified atom stereocenters. The van der Waals surface area contributed by atoms with Crippen molar-refractivity contribution >= 4 is 35.1 Å². The van der Waals surface area contributed by atoms with Gasteiger partial charge in [0.15, 0.2) is 0 Å². The van der Waals surface area contributed by atoms with Gasteiger partial charge in [0.1, 0.15) is 0 Å². The van der Waals surface area contributed by atoms with Crippen LogP contribution in [-0.2, 0) is 0 Å². The highest BCUT2D eigenvalue weighted by molar-refractivity contribution is 6.43. The van der Waals surface area contributed by atoms with E-state index in [4.69, 9.17) is 23.2 Å². The van der Waals surface area contributed by atoms with Gasteiger partial charge in [0.2, 0.25) is 0 Å². The quantitative estimate of drug-likeness (QED) is 0.460. The zero-order chi connectivity index (χ0) is 17.1. The minimum absolute atomic E-state index is 0.544. The molecule has 5 heteroatoms. The Morgan fingerprint density at radius 2 is 1.75 bits per heavy atom. The average Bonchev–Trinajstić information content (AvgIpc) is 2.86. The number of halogens is 2. The Labute approximate surface area is 151 Å². The van der Waals surface area contributed by atoms with Crippen molar-refractivity contribution in [3.8, 4) is 5.69 Å². The predicted octanol–water partition coefficient (Wildman–Crippen LogP) is 5.85. The number of anilines is 1. The number of nitrogens with one attached hydrogen (secondary N) is 1. The number of aryl methyl sites for hydroxylation is 1. The van der Waals surface area contributed by atoms with Crippen molar-refractivity contribution in [2.24, 2.45) is 5.10 Å². The molecule has 3 rings (SSSR count). The Balaban J connectivity index is 1.91. The molecule has 0 saturated heterocycles. The molecule has 0 aliphatic heterocycles. The molecule has 1 N–H and O–H groups in total. The first-order chi connectivity index (χ1) is 11.6. The van der Waals surface area contributed by atoms with Gasteiger partial charge in [-0.3, -0.25) is 5.43 Å². The highest BCUT2D eigenvalue weighted by Gasteiger charge is 2.13. The zero-order valence-electron chi connectivity index (χ0n) is 13.4. The normalized spacial score (nSPS) is 11.2. The average molecular weight is 358 g/mol. The minimum atomic E-state index is 0.544. The van der Waals surface area contributed by atoms with E-state index >= 15 is 0 Å². The summed E-state index contributed by atoms with van der Waals surface area (Å²) in [6.45, 7) is 4.07. The number of hydrogen-bond acceptors (Lipinski definition) is 2. The third-order valence-electron chi connectivity index (χ3n) is 3.81. The Morgan fingerprint density at radius 3 is 2.50 bits per heavy atom. The van der Waals surface area contributed by atoms with Gasteiger partial charge in [-0.05, 0) is 44.2 Å². The molecular weight excluding hydrogens is 341 g/mol. The van der Waals surface area contributed by atoms with Gasteiger partial charge in [0.25, 0.3) is 0 Å². The summed E-state index contributed by atoms with van der Waals surface area (Å²) in [5.41, 5.74) is 7.98. The molecule has 0 aliphatic rings. The van der Waals surface area contributed by atoms with Gasteiger partial charge >= 0.3 is 0 Å². The topological polar surface area (TPSA) is 29.3 Å². The van der Waals surface area contributed by atoms with E-state index in [2.05, 4.69) is 21.2 Å². The Kier molecular flexibility index (Phi) is 4.93. The highest BCUT2D eigenvalue weighted by atomic mass is 35.5. The summed E-state index contributed by atoms with van der Waals surface area (Å²) in [5.74, 6) is 0. The summed E-state index contributed by atoms with van der Waals surface area (Å²) in [7, 11) is 0. The maximum absolute atomic E-state index is 6.37. The molecule has 0 saturated carbocycles. The van der Waals surface area contributed by atoms with Crippen LogP contribution in [0.15, 0.2) is 59.7 Å². The Morgan fingerprint density at radius 1 is 1.00 bits per heavy atom. The molecular formula is C19H17Cl2N3. The van der Waals surface area contributed by atoms with Gasteiger partial charge < -0.3 is 4.57 Å². The van der Waals surface area contributed by atoms with E-state index in [0.29, 0.717) is 10.0 Å². The van der Waals surface area contributed by atoms with Crippen molar-refractivity contribution in [2.45, 2.75) is 13.8 Å². The number of nitrogens with zero attached hydrogens (tertiary/aromatic N) is 2. The summed E-state index contributed by atoms with van der Waals surface area (Å²) >= 11 is 12.5. The molecule has 0 aliphatic carbocycles. The van der Waals surface area contributed by atoms with E-state index < -0.39 is 0 Å². The smallest absolute Gasteiger partial charge is 0.0832 e. The van der Waals surface area contributed by atoms with Crippen LogP contribution in [0.5, 0.6) is 0 Å². The molecule has 1 heterocycles. The van der Waals surface area contributed by atoms with Gasteiger partial charge in [-0.25, -0.2) is 0 Å². The fourth-order valence-corrected chi connectivity index (χ4v) is 3.02. The van der Waals surface area contributed by atoms with Crippen LogP contribution in [0.1, 0.15) is 17.0 Å². The van der Waals surface area contributed by atoms with Crippen molar-refractivity contribution in [3.05, 3.63) is 81.6 Å². The summed E-state index contributed by atoms with van der Waals surface area (Å²) in [6, 6.07) is 17.5. The molecule has 0 spiro atoms. The highest BCUT2D eigenvalue weighted by Crippen LogP contribution is 2.31. The lowest BCUT2D eigenvalue weighted by Crippen LogP contribution is -2.01. The maximum Gasteiger partial charge on any atom is 0.0832 e. The molecule has 1 aromatic heterocycles.